The van der Waals surface area contributed by atoms with Gasteiger partial charge < -0.3 is 19.5 Å². The number of hydrogen-bond donors (Lipinski definition) is 2. The molecular weight excluding hydrogens is 528 g/mol. The fourth-order valence-corrected chi connectivity index (χ4v) is 5.57. The smallest absolute Gasteiger partial charge is 0.348 e. The number of benzene rings is 2. The van der Waals surface area contributed by atoms with Gasteiger partial charge in [0.15, 0.2) is 0 Å². The maximum atomic E-state index is 13.1. The Bertz CT molecular complexity index is 1420. The van der Waals surface area contributed by atoms with Crippen molar-refractivity contribution in [2.24, 2.45) is 0 Å². The number of ether oxygens (including phenoxy) is 3. The highest BCUT2D eigenvalue weighted by Crippen LogP contribution is 2.37. The van der Waals surface area contributed by atoms with Crippen LogP contribution in [0.2, 0.25) is 5.02 Å². The van der Waals surface area contributed by atoms with Crippen LogP contribution < -0.4 is 19.5 Å². The number of methoxy groups -OCH3 is 2. The number of hydrogen-bond acceptors (Lipinski definition) is 8. The summed E-state index contributed by atoms with van der Waals surface area (Å²) in [5, 5.41) is 3.35. The fourth-order valence-electron chi connectivity index (χ4n) is 3.28. The Labute approximate surface area is 218 Å². The zero-order valence-corrected chi connectivity index (χ0v) is 22.6. The predicted molar refractivity (Wildman–Crippen MR) is 140 cm³/mol. The van der Waals surface area contributed by atoms with Gasteiger partial charge in [-0.25, -0.2) is 13.2 Å². The molecule has 2 N–H and O–H groups in total. The summed E-state index contributed by atoms with van der Waals surface area (Å²) < 4.78 is 44.1. The third-order valence-corrected chi connectivity index (χ3v) is 7.89. The van der Waals surface area contributed by atoms with Crippen molar-refractivity contribution in [3.8, 4) is 11.5 Å². The number of thiophene rings is 1. The molecule has 1 amide bonds. The number of aryl methyl sites for hydroxylation is 2. The fraction of sp³-hybridized carbons (Fsp3) is 0.250. The molecule has 0 aliphatic carbocycles. The van der Waals surface area contributed by atoms with E-state index in [2.05, 4.69) is 10.0 Å². The minimum Gasteiger partial charge on any atom is -0.495 e. The van der Waals surface area contributed by atoms with Crippen molar-refractivity contribution < 1.29 is 32.2 Å². The number of nitrogens with one attached hydrogen (secondary N) is 2. The molecule has 0 fully saturated rings. The zero-order chi connectivity index (χ0) is 26.6. The first-order chi connectivity index (χ1) is 17.0. The summed E-state index contributed by atoms with van der Waals surface area (Å²) in [6.07, 6.45) is 0. The zero-order valence-electron chi connectivity index (χ0n) is 20.2. The van der Waals surface area contributed by atoms with E-state index in [1.807, 2.05) is 0 Å². The van der Waals surface area contributed by atoms with Gasteiger partial charge in [-0.05, 0) is 56.2 Å². The topological polar surface area (TPSA) is 120 Å². The quantitative estimate of drug-likeness (QED) is 0.347. The summed E-state index contributed by atoms with van der Waals surface area (Å²) in [5.41, 5.74) is 1.49. The van der Waals surface area contributed by atoms with Crippen molar-refractivity contribution in [1.29, 1.82) is 0 Å². The number of carbonyl (C=O) groups excluding carboxylic acids is 2. The molecule has 9 nitrogen and oxygen atoms in total. The average molecular weight is 553 g/mol. The Balaban J connectivity index is 1.89. The van der Waals surface area contributed by atoms with E-state index in [1.165, 1.54) is 44.6 Å². The van der Waals surface area contributed by atoms with Crippen LogP contribution in [0.25, 0.3) is 0 Å². The maximum Gasteiger partial charge on any atom is 0.348 e. The first-order valence-corrected chi connectivity index (χ1v) is 13.3. The Morgan fingerprint density at radius 3 is 2.33 bits per heavy atom. The number of sulfonamides is 1. The average Bonchev–Trinajstić information content (AvgIpc) is 3.19. The lowest BCUT2D eigenvalue weighted by Crippen LogP contribution is -2.17. The molecule has 0 aliphatic heterocycles. The van der Waals surface area contributed by atoms with Crippen LogP contribution in [-0.4, -0.2) is 41.1 Å². The number of anilines is 2. The third-order valence-electron chi connectivity index (χ3n) is 5.10. The molecule has 0 unspecified atom stereocenters. The van der Waals surface area contributed by atoms with E-state index in [0.29, 0.717) is 26.8 Å². The van der Waals surface area contributed by atoms with Crippen molar-refractivity contribution in [1.82, 2.24) is 0 Å². The summed E-state index contributed by atoms with van der Waals surface area (Å²) >= 11 is 7.23. The van der Waals surface area contributed by atoms with Crippen molar-refractivity contribution in [2.45, 2.75) is 25.7 Å². The first-order valence-electron chi connectivity index (χ1n) is 10.6. The van der Waals surface area contributed by atoms with Crippen LogP contribution in [0.15, 0.2) is 41.3 Å². The molecular formula is C24H25ClN2O7S2. The van der Waals surface area contributed by atoms with Gasteiger partial charge in [0.1, 0.15) is 16.4 Å². The molecule has 0 bridgehead atoms. The second-order valence-corrected chi connectivity index (χ2v) is 10.7. The van der Waals surface area contributed by atoms with Crippen LogP contribution in [0, 0.1) is 13.8 Å². The molecule has 36 heavy (non-hydrogen) atoms. The number of carbonyl (C=O) groups is 2. The summed E-state index contributed by atoms with van der Waals surface area (Å²) in [4.78, 5) is 25.3. The van der Waals surface area contributed by atoms with Crippen molar-refractivity contribution >= 4 is 55.5 Å². The summed E-state index contributed by atoms with van der Waals surface area (Å²) in [5.74, 6) is -0.466. The summed E-state index contributed by atoms with van der Waals surface area (Å²) in [6, 6.07) is 8.69. The van der Waals surface area contributed by atoms with Crippen molar-refractivity contribution in [3.05, 3.63) is 63.0 Å². The van der Waals surface area contributed by atoms with Gasteiger partial charge in [-0.15, -0.1) is 11.3 Å². The van der Waals surface area contributed by atoms with E-state index >= 15 is 0 Å². The molecule has 0 atom stereocenters. The van der Waals surface area contributed by atoms with Crippen LogP contribution in [0.5, 0.6) is 11.5 Å². The second kappa shape index (κ2) is 11.2. The van der Waals surface area contributed by atoms with Gasteiger partial charge in [0.05, 0.1) is 41.4 Å². The number of halogens is 1. The van der Waals surface area contributed by atoms with Crippen LogP contribution >= 0.6 is 22.9 Å². The molecule has 0 radical (unpaired) electrons. The molecule has 0 saturated carbocycles. The molecule has 1 aromatic heterocycles. The Morgan fingerprint density at radius 1 is 1.00 bits per heavy atom. The third kappa shape index (κ3) is 5.92. The Hall–Kier alpha value is -3.28. The predicted octanol–water partition coefficient (Wildman–Crippen LogP) is 5.27. The van der Waals surface area contributed by atoms with Crippen LogP contribution in [0.3, 0.4) is 0 Å². The highest BCUT2D eigenvalue weighted by atomic mass is 35.5. The molecule has 0 spiro atoms. The van der Waals surface area contributed by atoms with E-state index in [0.717, 1.165) is 11.3 Å². The highest BCUT2D eigenvalue weighted by molar-refractivity contribution is 7.92. The number of esters is 1. The lowest BCUT2D eigenvalue weighted by atomic mass is 10.1. The molecule has 1 heterocycles. The van der Waals surface area contributed by atoms with Gasteiger partial charge in [-0.2, -0.15) is 0 Å². The summed E-state index contributed by atoms with van der Waals surface area (Å²) in [6.45, 7) is 5.37. The van der Waals surface area contributed by atoms with Gasteiger partial charge in [-0.3, -0.25) is 9.52 Å². The molecule has 3 aromatic rings. The van der Waals surface area contributed by atoms with Gasteiger partial charge in [0.25, 0.3) is 15.9 Å². The van der Waals surface area contributed by atoms with E-state index in [4.69, 9.17) is 25.8 Å². The minimum atomic E-state index is -4.12. The van der Waals surface area contributed by atoms with Gasteiger partial charge in [0.2, 0.25) is 0 Å². The van der Waals surface area contributed by atoms with Gasteiger partial charge in [-0.1, -0.05) is 17.7 Å². The van der Waals surface area contributed by atoms with E-state index in [-0.39, 0.29) is 33.5 Å². The summed E-state index contributed by atoms with van der Waals surface area (Å²) in [7, 11) is -1.30. The first kappa shape index (κ1) is 27.3. The van der Waals surface area contributed by atoms with Crippen LogP contribution in [0.1, 0.15) is 38.1 Å². The second-order valence-electron chi connectivity index (χ2n) is 7.57. The maximum absolute atomic E-state index is 13.1. The Kier molecular flexibility index (Phi) is 8.49. The molecule has 0 aliphatic rings. The largest absolute Gasteiger partial charge is 0.495 e. The Morgan fingerprint density at radius 2 is 1.69 bits per heavy atom. The van der Waals surface area contributed by atoms with Gasteiger partial charge >= 0.3 is 5.97 Å². The molecule has 2 aromatic carbocycles. The lowest BCUT2D eigenvalue weighted by Gasteiger charge is -2.15. The molecule has 0 saturated heterocycles. The van der Waals surface area contributed by atoms with Gasteiger partial charge in [0, 0.05) is 11.6 Å². The molecule has 3 rings (SSSR count). The standard InChI is InChI=1S/C24H25ClN2O7S2/c1-6-34-24(29)22-14(3)9-21(35-22)26-23(28)16-10-15(8-7-13(16)2)36(30,31)27-18-11-17(25)19(32-4)12-20(18)33-5/h7-12,27H,6H2,1-5H3,(H,26,28). The molecule has 192 valence electrons. The van der Waals surface area contributed by atoms with E-state index in [9.17, 15) is 18.0 Å². The number of rotatable bonds is 9. The lowest BCUT2D eigenvalue weighted by molar-refractivity contribution is 0.0531. The SMILES string of the molecule is CCOC(=O)c1sc(NC(=O)c2cc(S(=O)(=O)Nc3cc(Cl)c(OC)cc3OC)ccc2C)cc1C. The van der Waals surface area contributed by atoms with E-state index in [1.54, 1.807) is 26.8 Å². The van der Waals surface area contributed by atoms with Crippen molar-refractivity contribution in [2.75, 3.05) is 30.9 Å². The molecule has 12 heteroatoms. The monoisotopic (exact) mass is 552 g/mol. The number of amides is 1. The van der Waals surface area contributed by atoms with Crippen molar-refractivity contribution in [3.63, 3.8) is 0 Å². The van der Waals surface area contributed by atoms with Crippen LogP contribution in [0.4, 0.5) is 10.7 Å². The van der Waals surface area contributed by atoms with E-state index < -0.39 is 21.9 Å². The normalized spacial score (nSPS) is 11.1. The minimum absolute atomic E-state index is 0.107. The highest BCUT2D eigenvalue weighted by Gasteiger charge is 2.22. The van der Waals surface area contributed by atoms with Crippen LogP contribution in [-0.2, 0) is 14.8 Å².